The summed E-state index contributed by atoms with van der Waals surface area (Å²) in [6, 6.07) is 0. The first-order chi connectivity index (χ1) is 11.0. The number of hydrogen-bond acceptors (Lipinski definition) is 5. The van der Waals surface area contributed by atoms with Crippen molar-refractivity contribution in [3.8, 4) is 0 Å². The molecule has 3 heterocycles. The molecule has 0 N–H and O–H groups in total. The number of carbonyl (C=O) groups excluding carboxylic acids is 1. The second-order valence-corrected chi connectivity index (χ2v) is 7.23. The lowest BCUT2D eigenvalue weighted by atomic mass is 9.99. The quantitative estimate of drug-likeness (QED) is 0.760. The van der Waals surface area contributed by atoms with Crippen molar-refractivity contribution in [3.63, 3.8) is 0 Å². The smallest absolute Gasteiger partial charge is 0.248 e. The number of likely N-dealkylation sites (tertiary alicyclic amines) is 1. The minimum atomic E-state index is -0.173. The molecule has 132 valence electrons. The third-order valence-electron chi connectivity index (χ3n) is 4.97. The molecule has 3 fully saturated rings. The van der Waals surface area contributed by atoms with E-state index in [-0.39, 0.29) is 43.0 Å². The van der Waals surface area contributed by atoms with Crippen LogP contribution in [0.25, 0.3) is 0 Å². The number of fused-ring (bicyclic) bond motifs is 1. The van der Waals surface area contributed by atoms with Gasteiger partial charge in [-0.2, -0.15) is 0 Å². The topological polar surface area (TPSA) is 57.2 Å². The molecule has 4 atom stereocenters. The van der Waals surface area contributed by atoms with E-state index in [1.165, 1.54) is 0 Å². The largest absolute Gasteiger partial charge is 0.370 e. The van der Waals surface area contributed by atoms with E-state index in [4.69, 9.17) is 18.9 Å². The van der Waals surface area contributed by atoms with Gasteiger partial charge < -0.3 is 23.8 Å². The molecule has 0 spiro atoms. The molecule has 0 aromatic rings. The van der Waals surface area contributed by atoms with E-state index < -0.39 is 0 Å². The fourth-order valence-electron chi connectivity index (χ4n) is 3.57. The predicted molar refractivity (Wildman–Crippen MR) is 84.2 cm³/mol. The Balaban J connectivity index is 1.44. The number of carbonyl (C=O) groups is 1. The van der Waals surface area contributed by atoms with E-state index in [2.05, 4.69) is 6.92 Å². The van der Waals surface area contributed by atoms with Gasteiger partial charge in [0.25, 0.3) is 0 Å². The fraction of sp³-hybridized carbons (Fsp3) is 0.941. The first kappa shape index (κ1) is 17.1. The zero-order chi connectivity index (χ0) is 16.4. The van der Waals surface area contributed by atoms with Crippen LogP contribution < -0.4 is 0 Å². The Morgan fingerprint density at radius 3 is 2.39 bits per heavy atom. The van der Waals surface area contributed by atoms with Crippen LogP contribution in [0.1, 0.15) is 33.6 Å². The molecule has 6 nitrogen and oxygen atoms in total. The van der Waals surface area contributed by atoms with Crippen molar-refractivity contribution in [1.82, 2.24) is 4.90 Å². The number of nitrogens with zero attached hydrogens (tertiary/aromatic N) is 1. The molecule has 3 aliphatic heterocycles. The second-order valence-electron chi connectivity index (χ2n) is 7.23. The summed E-state index contributed by atoms with van der Waals surface area (Å²) in [6.45, 7) is 9.06. The molecular formula is C17H29NO5. The lowest BCUT2D eigenvalue weighted by Crippen LogP contribution is -2.42. The van der Waals surface area contributed by atoms with E-state index in [9.17, 15) is 4.79 Å². The molecule has 0 aliphatic carbocycles. The summed E-state index contributed by atoms with van der Waals surface area (Å²) >= 11 is 0. The SMILES string of the molecule is CC1CCN(C(=O)COC2COC3C(OC(C)C)COC23)CC1. The molecule has 1 amide bonds. The van der Waals surface area contributed by atoms with Crippen molar-refractivity contribution >= 4 is 5.91 Å². The molecule has 23 heavy (non-hydrogen) atoms. The summed E-state index contributed by atoms with van der Waals surface area (Å²) in [6.07, 6.45) is 1.91. The number of rotatable bonds is 5. The summed E-state index contributed by atoms with van der Waals surface area (Å²) < 4.78 is 23.2. The van der Waals surface area contributed by atoms with Gasteiger partial charge in [-0.25, -0.2) is 0 Å². The maximum Gasteiger partial charge on any atom is 0.248 e. The van der Waals surface area contributed by atoms with E-state index in [0.29, 0.717) is 19.1 Å². The van der Waals surface area contributed by atoms with Crippen molar-refractivity contribution in [2.24, 2.45) is 5.92 Å². The van der Waals surface area contributed by atoms with E-state index in [1.54, 1.807) is 0 Å². The van der Waals surface area contributed by atoms with Crippen LogP contribution in [0.15, 0.2) is 0 Å². The minimum absolute atomic E-state index is 0.0344. The van der Waals surface area contributed by atoms with E-state index >= 15 is 0 Å². The molecule has 3 saturated heterocycles. The lowest BCUT2D eigenvalue weighted by Gasteiger charge is -2.30. The summed E-state index contributed by atoms with van der Waals surface area (Å²) in [4.78, 5) is 14.2. The molecule has 3 aliphatic rings. The van der Waals surface area contributed by atoms with Crippen LogP contribution in [0.4, 0.5) is 0 Å². The van der Waals surface area contributed by atoms with Crippen molar-refractivity contribution in [2.45, 2.75) is 64.1 Å². The standard InChI is InChI=1S/C17H29NO5/c1-11(2)23-14-9-22-16-13(8-21-17(14)16)20-10-15(19)18-6-4-12(3)5-7-18/h11-14,16-17H,4-10H2,1-3H3. The monoisotopic (exact) mass is 327 g/mol. The Morgan fingerprint density at radius 1 is 1.13 bits per heavy atom. The van der Waals surface area contributed by atoms with Gasteiger partial charge in [-0.05, 0) is 32.6 Å². The highest BCUT2D eigenvalue weighted by atomic mass is 16.6. The minimum Gasteiger partial charge on any atom is -0.370 e. The Labute approximate surface area is 138 Å². The van der Waals surface area contributed by atoms with Gasteiger partial charge in [0.2, 0.25) is 5.91 Å². The van der Waals surface area contributed by atoms with Gasteiger partial charge in [0.15, 0.2) is 0 Å². The van der Waals surface area contributed by atoms with Crippen LogP contribution in [-0.4, -0.2) is 74.2 Å². The summed E-state index contributed by atoms with van der Waals surface area (Å²) in [5.74, 6) is 0.794. The van der Waals surface area contributed by atoms with Crippen LogP contribution in [0.3, 0.4) is 0 Å². The molecule has 0 radical (unpaired) electrons. The first-order valence-corrected chi connectivity index (χ1v) is 8.82. The zero-order valence-corrected chi connectivity index (χ0v) is 14.4. The van der Waals surface area contributed by atoms with Gasteiger partial charge in [-0.3, -0.25) is 4.79 Å². The number of piperidine rings is 1. The fourth-order valence-corrected chi connectivity index (χ4v) is 3.57. The summed E-state index contributed by atoms with van der Waals surface area (Å²) in [5.41, 5.74) is 0. The second kappa shape index (κ2) is 7.47. The Kier molecular flexibility index (Phi) is 5.57. The molecule has 0 aromatic heterocycles. The van der Waals surface area contributed by atoms with Crippen LogP contribution in [0, 0.1) is 5.92 Å². The van der Waals surface area contributed by atoms with E-state index in [1.807, 2.05) is 18.7 Å². The van der Waals surface area contributed by atoms with Gasteiger partial charge in [-0.15, -0.1) is 0 Å². The predicted octanol–water partition coefficient (Wildman–Crippen LogP) is 1.22. The normalized spacial score (nSPS) is 35.0. The Morgan fingerprint density at radius 2 is 1.74 bits per heavy atom. The molecule has 6 heteroatoms. The van der Waals surface area contributed by atoms with Gasteiger partial charge in [0.1, 0.15) is 31.0 Å². The Bertz CT molecular complexity index is 408. The van der Waals surface area contributed by atoms with Crippen molar-refractivity contribution in [1.29, 1.82) is 0 Å². The average Bonchev–Trinajstić information content (AvgIpc) is 3.08. The number of ether oxygens (including phenoxy) is 4. The third kappa shape index (κ3) is 4.05. The number of hydrogen-bond donors (Lipinski definition) is 0. The highest BCUT2D eigenvalue weighted by molar-refractivity contribution is 5.77. The highest BCUT2D eigenvalue weighted by Gasteiger charge is 2.49. The van der Waals surface area contributed by atoms with Crippen molar-refractivity contribution < 1.29 is 23.7 Å². The summed E-state index contributed by atoms with van der Waals surface area (Å²) in [5, 5.41) is 0. The van der Waals surface area contributed by atoms with Gasteiger partial charge >= 0.3 is 0 Å². The van der Waals surface area contributed by atoms with Crippen molar-refractivity contribution in [3.05, 3.63) is 0 Å². The van der Waals surface area contributed by atoms with Crippen LogP contribution in [-0.2, 0) is 23.7 Å². The molecule has 0 saturated carbocycles. The van der Waals surface area contributed by atoms with Gasteiger partial charge in [0, 0.05) is 13.1 Å². The molecule has 3 rings (SSSR count). The maximum absolute atomic E-state index is 12.3. The van der Waals surface area contributed by atoms with Crippen LogP contribution >= 0.6 is 0 Å². The third-order valence-corrected chi connectivity index (χ3v) is 4.97. The molecular weight excluding hydrogens is 298 g/mol. The molecule has 4 unspecified atom stereocenters. The zero-order valence-electron chi connectivity index (χ0n) is 14.4. The molecule has 0 aromatic carbocycles. The highest BCUT2D eigenvalue weighted by Crippen LogP contribution is 2.31. The molecule has 0 bridgehead atoms. The maximum atomic E-state index is 12.3. The average molecular weight is 327 g/mol. The van der Waals surface area contributed by atoms with Crippen LogP contribution in [0.2, 0.25) is 0 Å². The first-order valence-electron chi connectivity index (χ1n) is 8.82. The Hall–Kier alpha value is -0.690. The lowest BCUT2D eigenvalue weighted by molar-refractivity contribution is -0.141. The van der Waals surface area contributed by atoms with Crippen molar-refractivity contribution in [2.75, 3.05) is 32.9 Å². The van der Waals surface area contributed by atoms with Gasteiger partial charge in [-0.1, -0.05) is 6.92 Å². The van der Waals surface area contributed by atoms with Crippen LogP contribution in [0.5, 0.6) is 0 Å². The summed E-state index contributed by atoms with van der Waals surface area (Å²) in [7, 11) is 0. The van der Waals surface area contributed by atoms with E-state index in [0.717, 1.165) is 25.9 Å². The number of amides is 1. The van der Waals surface area contributed by atoms with Gasteiger partial charge in [0.05, 0.1) is 19.3 Å².